The lowest BCUT2D eigenvalue weighted by Gasteiger charge is -2.31. The highest BCUT2D eigenvalue weighted by atomic mass is 19.2. The second-order valence-electron chi connectivity index (χ2n) is 6.17. The van der Waals surface area contributed by atoms with Crippen LogP contribution >= 0.6 is 0 Å². The largest absolute Gasteiger partial charge is 0.349 e. The van der Waals surface area contributed by atoms with E-state index in [1.807, 2.05) is 18.2 Å². The summed E-state index contributed by atoms with van der Waals surface area (Å²) in [5, 5.41) is 2.79. The van der Waals surface area contributed by atoms with Crippen molar-refractivity contribution in [1.29, 1.82) is 0 Å². The van der Waals surface area contributed by atoms with Crippen molar-refractivity contribution in [2.75, 3.05) is 11.9 Å². The van der Waals surface area contributed by atoms with E-state index in [9.17, 15) is 18.4 Å². The minimum atomic E-state index is -0.960. The smallest absolute Gasteiger partial charge is 0.228 e. The van der Waals surface area contributed by atoms with Gasteiger partial charge in [-0.25, -0.2) is 8.78 Å². The third kappa shape index (κ3) is 3.24. The fourth-order valence-corrected chi connectivity index (χ4v) is 3.06. The van der Waals surface area contributed by atoms with Gasteiger partial charge in [0.05, 0.1) is 12.0 Å². The number of anilines is 1. The van der Waals surface area contributed by atoms with Crippen LogP contribution < -0.4 is 10.2 Å². The molecule has 25 heavy (non-hydrogen) atoms. The maximum Gasteiger partial charge on any atom is 0.228 e. The molecule has 2 aromatic carbocycles. The summed E-state index contributed by atoms with van der Waals surface area (Å²) in [7, 11) is 1.68. The molecule has 0 aliphatic carbocycles. The highest BCUT2D eigenvalue weighted by molar-refractivity contribution is 6.02. The first-order valence-electron chi connectivity index (χ1n) is 7.99. The van der Waals surface area contributed by atoms with Crippen LogP contribution in [0.25, 0.3) is 0 Å². The van der Waals surface area contributed by atoms with E-state index in [4.69, 9.17) is 0 Å². The molecular formula is C19H18F2N2O2. The van der Waals surface area contributed by atoms with Gasteiger partial charge in [-0.2, -0.15) is 0 Å². The van der Waals surface area contributed by atoms with Gasteiger partial charge < -0.3 is 10.2 Å². The van der Waals surface area contributed by atoms with Gasteiger partial charge in [-0.1, -0.05) is 24.3 Å². The quantitative estimate of drug-likeness (QED) is 0.929. The minimum Gasteiger partial charge on any atom is -0.349 e. The van der Waals surface area contributed by atoms with E-state index < -0.39 is 23.6 Å². The van der Waals surface area contributed by atoms with Crippen molar-refractivity contribution < 1.29 is 18.4 Å². The highest BCUT2D eigenvalue weighted by Crippen LogP contribution is 2.35. The molecule has 0 aromatic heterocycles. The number of hydrogen-bond acceptors (Lipinski definition) is 2. The topological polar surface area (TPSA) is 49.4 Å². The maximum absolute atomic E-state index is 13.4. The number of carbonyl (C=O) groups is 2. The standard InChI is InChI=1S/C19H18F2N2O2/c1-11(12-7-8-15(20)16(21)9-12)22-19(25)14-10-18(24)23(2)17-6-4-3-5-13(14)17/h3-9,11,14H,10H2,1-2H3,(H,22,25). The molecule has 0 spiro atoms. The van der Waals surface area contributed by atoms with Crippen molar-refractivity contribution in [3.8, 4) is 0 Å². The summed E-state index contributed by atoms with van der Waals surface area (Å²) < 4.78 is 26.4. The summed E-state index contributed by atoms with van der Waals surface area (Å²) in [5.74, 6) is -2.95. The molecule has 1 aliphatic heterocycles. The normalized spacial score (nSPS) is 17.8. The fraction of sp³-hybridized carbons (Fsp3) is 0.263. The Bertz CT molecular complexity index is 838. The average molecular weight is 344 g/mol. The zero-order valence-corrected chi connectivity index (χ0v) is 13.9. The van der Waals surface area contributed by atoms with Gasteiger partial charge in [-0.15, -0.1) is 0 Å². The third-order valence-corrected chi connectivity index (χ3v) is 4.55. The highest BCUT2D eigenvalue weighted by Gasteiger charge is 2.34. The van der Waals surface area contributed by atoms with Gasteiger partial charge in [0, 0.05) is 19.2 Å². The summed E-state index contributed by atoms with van der Waals surface area (Å²) in [6, 6.07) is 10.3. The predicted octanol–water partition coefficient (Wildman–Crippen LogP) is 3.29. The number of benzene rings is 2. The molecule has 0 bridgehead atoms. The van der Waals surface area contributed by atoms with Gasteiger partial charge in [-0.3, -0.25) is 9.59 Å². The predicted molar refractivity (Wildman–Crippen MR) is 90.1 cm³/mol. The Balaban J connectivity index is 1.82. The number of hydrogen-bond donors (Lipinski definition) is 1. The lowest BCUT2D eigenvalue weighted by atomic mass is 9.88. The van der Waals surface area contributed by atoms with E-state index >= 15 is 0 Å². The number of nitrogens with zero attached hydrogens (tertiary/aromatic N) is 1. The monoisotopic (exact) mass is 344 g/mol. The molecule has 130 valence electrons. The molecule has 2 amide bonds. The van der Waals surface area contributed by atoms with Crippen LogP contribution in [-0.2, 0) is 9.59 Å². The number of carbonyl (C=O) groups excluding carboxylic acids is 2. The van der Waals surface area contributed by atoms with Crippen LogP contribution in [0.15, 0.2) is 42.5 Å². The van der Waals surface area contributed by atoms with Crippen molar-refractivity contribution in [2.45, 2.75) is 25.3 Å². The Hall–Kier alpha value is -2.76. The zero-order chi connectivity index (χ0) is 18.1. The molecule has 2 atom stereocenters. The van der Waals surface area contributed by atoms with Gasteiger partial charge in [-0.05, 0) is 36.2 Å². The molecule has 6 heteroatoms. The number of halogens is 2. The summed E-state index contributed by atoms with van der Waals surface area (Å²) in [4.78, 5) is 26.4. The van der Waals surface area contributed by atoms with Gasteiger partial charge >= 0.3 is 0 Å². The molecule has 0 saturated carbocycles. The summed E-state index contributed by atoms with van der Waals surface area (Å²) in [6.07, 6.45) is 0.0733. The Morgan fingerprint density at radius 2 is 1.92 bits per heavy atom. The number of amides is 2. The molecule has 1 heterocycles. The summed E-state index contributed by atoms with van der Waals surface area (Å²) in [6.45, 7) is 1.69. The van der Waals surface area contributed by atoms with Crippen LogP contribution in [0, 0.1) is 11.6 Å². The Morgan fingerprint density at radius 1 is 1.20 bits per heavy atom. The molecule has 1 aliphatic rings. The second-order valence-corrected chi connectivity index (χ2v) is 6.17. The fourth-order valence-electron chi connectivity index (χ4n) is 3.06. The summed E-state index contributed by atoms with van der Waals surface area (Å²) >= 11 is 0. The molecule has 2 unspecified atom stereocenters. The zero-order valence-electron chi connectivity index (χ0n) is 13.9. The SMILES string of the molecule is CC(NC(=O)C1CC(=O)N(C)c2ccccc21)c1ccc(F)c(F)c1. The van der Waals surface area contributed by atoms with Crippen LogP contribution in [0.5, 0.6) is 0 Å². The molecule has 0 saturated heterocycles. The number of nitrogens with one attached hydrogen (secondary N) is 1. The van der Waals surface area contributed by atoms with Crippen molar-refractivity contribution in [2.24, 2.45) is 0 Å². The summed E-state index contributed by atoms with van der Waals surface area (Å²) in [5.41, 5.74) is 1.94. The number of para-hydroxylation sites is 1. The molecule has 4 nitrogen and oxygen atoms in total. The Labute approximate surface area is 144 Å². The number of fused-ring (bicyclic) bond motifs is 1. The van der Waals surface area contributed by atoms with Crippen LogP contribution in [0.2, 0.25) is 0 Å². The minimum absolute atomic E-state index is 0.0733. The van der Waals surface area contributed by atoms with E-state index in [2.05, 4.69) is 5.32 Å². The van der Waals surface area contributed by atoms with Gasteiger partial charge in [0.1, 0.15) is 0 Å². The molecule has 0 fully saturated rings. The van der Waals surface area contributed by atoms with E-state index in [0.717, 1.165) is 17.7 Å². The van der Waals surface area contributed by atoms with Crippen molar-refractivity contribution in [3.05, 3.63) is 65.2 Å². The lowest BCUT2D eigenvalue weighted by Crippen LogP contribution is -2.40. The second kappa shape index (κ2) is 6.63. The van der Waals surface area contributed by atoms with E-state index in [-0.39, 0.29) is 18.2 Å². The first-order chi connectivity index (χ1) is 11.9. The average Bonchev–Trinajstić information content (AvgIpc) is 2.60. The van der Waals surface area contributed by atoms with Crippen LogP contribution in [0.1, 0.15) is 36.4 Å². The number of rotatable bonds is 3. The lowest BCUT2D eigenvalue weighted by molar-refractivity contribution is -0.127. The third-order valence-electron chi connectivity index (χ3n) is 4.55. The van der Waals surface area contributed by atoms with E-state index in [1.54, 1.807) is 20.0 Å². The van der Waals surface area contributed by atoms with Crippen molar-refractivity contribution in [1.82, 2.24) is 5.32 Å². The maximum atomic E-state index is 13.4. The van der Waals surface area contributed by atoms with Crippen LogP contribution in [0.3, 0.4) is 0 Å². The first-order valence-corrected chi connectivity index (χ1v) is 7.99. The Morgan fingerprint density at radius 3 is 2.64 bits per heavy atom. The van der Waals surface area contributed by atoms with E-state index in [0.29, 0.717) is 11.3 Å². The van der Waals surface area contributed by atoms with Crippen molar-refractivity contribution >= 4 is 17.5 Å². The molecular weight excluding hydrogens is 326 g/mol. The van der Waals surface area contributed by atoms with Gasteiger partial charge in [0.2, 0.25) is 11.8 Å². The molecule has 1 N–H and O–H groups in total. The van der Waals surface area contributed by atoms with Crippen LogP contribution in [-0.4, -0.2) is 18.9 Å². The van der Waals surface area contributed by atoms with Gasteiger partial charge in [0.15, 0.2) is 11.6 Å². The van der Waals surface area contributed by atoms with Crippen molar-refractivity contribution in [3.63, 3.8) is 0 Å². The van der Waals surface area contributed by atoms with Crippen LogP contribution in [0.4, 0.5) is 14.5 Å². The molecule has 3 rings (SSSR count). The molecule has 0 radical (unpaired) electrons. The molecule has 2 aromatic rings. The first kappa shape index (κ1) is 17.1. The van der Waals surface area contributed by atoms with Gasteiger partial charge in [0.25, 0.3) is 0 Å². The van der Waals surface area contributed by atoms with E-state index in [1.165, 1.54) is 11.0 Å². The Kier molecular flexibility index (Phi) is 4.53.